The predicted octanol–water partition coefficient (Wildman–Crippen LogP) is 1.76. The normalized spacial score (nSPS) is 10.7. The number of hydrogen-bond acceptors (Lipinski definition) is 3. The number of hydrogen-bond donors (Lipinski definition) is 2. The van der Waals surface area contributed by atoms with Gasteiger partial charge in [0.15, 0.2) is 0 Å². The minimum Gasteiger partial charge on any atom is -0.368 e. The second kappa shape index (κ2) is 6.54. The number of benzene rings is 2. The zero-order valence-corrected chi connectivity index (χ0v) is 13.3. The smallest absolute Gasteiger partial charge is 0.251 e. The number of carbonyl (C=O) groups excluding carboxylic acids is 2. The number of para-hydroxylation sites is 2. The van der Waals surface area contributed by atoms with Gasteiger partial charge in [0, 0.05) is 5.56 Å². The Hall–Kier alpha value is -3.15. The van der Waals surface area contributed by atoms with Gasteiger partial charge in [-0.25, -0.2) is 4.98 Å². The van der Waals surface area contributed by atoms with Crippen molar-refractivity contribution in [2.45, 2.75) is 20.0 Å². The van der Waals surface area contributed by atoms with Crippen molar-refractivity contribution in [3.63, 3.8) is 0 Å². The van der Waals surface area contributed by atoms with Crippen LogP contribution in [0, 0.1) is 6.92 Å². The molecule has 6 nitrogen and oxygen atoms in total. The van der Waals surface area contributed by atoms with E-state index in [0.29, 0.717) is 11.4 Å². The number of nitrogens with zero attached hydrogens (tertiary/aromatic N) is 2. The summed E-state index contributed by atoms with van der Waals surface area (Å²) in [4.78, 5) is 28.1. The number of amides is 2. The van der Waals surface area contributed by atoms with Crippen molar-refractivity contribution < 1.29 is 9.59 Å². The minimum absolute atomic E-state index is 0.0241. The van der Waals surface area contributed by atoms with E-state index in [1.54, 1.807) is 16.7 Å². The summed E-state index contributed by atoms with van der Waals surface area (Å²) in [5.74, 6) is -0.0487. The predicted molar refractivity (Wildman–Crippen MR) is 91.3 cm³/mol. The van der Waals surface area contributed by atoms with Crippen LogP contribution in [0.5, 0.6) is 0 Å². The Balaban J connectivity index is 1.82. The van der Waals surface area contributed by atoms with Crippen LogP contribution >= 0.6 is 0 Å². The first-order chi connectivity index (χ1) is 11.5. The number of aromatic nitrogens is 2. The standard InChI is InChI=1S/C18H18N4O2/c1-12-6-8-13(9-7-12)18(24)20-10-17-21-14-4-2-3-5-15(14)22(17)11-16(19)23/h2-9H,10-11H2,1H3,(H2,19,23)(H,20,24). The Morgan fingerprint density at radius 3 is 2.54 bits per heavy atom. The van der Waals surface area contributed by atoms with Crippen LogP contribution in [0.3, 0.4) is 0 Å². The van der Waals surface area contributed by atoms with Crippen LogP contribution in [0.15, 0.2) is 48.5 Å². The van der Waals surface area contributed by atoms with E-state index in [-0.39, 0.29) is 19.0 Å². The van der Waals surface area contributed by atoms with Gasteiger partial charge in [-0.05, 0) is 31.2 Å². The van der Waals surface area contributed by atoms with Crippen molar-refractivity contribution in [1.29, 1.82) is 0 Å². The van der Waals surface area contributed by atoms with Crippen LogP contribution in [0.2, 0.25) is 0 Å². The molecular weight excluding hydrogens is 304 g/mol. The molecule has 0 fully saturated rings. The van der Waals surface area contributed by atoms with Gasteiger partial charge in [0.2, 0.25) is 5.91 Å². The highest BCUT2D eigenvalue weighted by Gasteiger charge is 2.13. The van der Waals surface area contributed by atoms with E-state index < -0.39 is 5.91 Å². The monoisotopic (exact) mass is 322 g/mol. The van der Waals surface area contributed by atoms with E-state index in [1.807, 2.05) is 43.3 Å². The first-order valence-corrected chi connectivity index (χ1v) is 7.62. The molecule has 3 rings (SSSR count). The number of aryl methyl sites for hydroxylation is 1. The molecule has 0 aliphatic carbocycles. The zero-order valence-electron chi connectivity index (χ0n) is 13.3. The number of imidazole rings is 1. The fourth-order valence-electron chi connectivity index (χ4n) is 2.56. The third-order valence-corrected chi connectivity index (χ3v) is 3.77. The van der Waals surface area contributed by atoms with Gasteiger partial charge in [-0.15, -0.1) is 0 Å². The summed E-state index contributed by atoms with van der Waals surface area (Å²) < 4.78 is 1.73. The van der Waals surface area contributed by atoms with Crippen LogP contribution in [0.4, 0.5) is 0 Å². The maximum absolute atomic E-state index is 12.2. The molecule has 3 N–H and O–H groups in total. The van der Waals surface area contributed by atoms with Crippen molar-refractivity contribution in [2.24, 2.45) is 5.73 Å². The number of fused-ring (bicyclic) bond motifs is 1. The lowest BCUT2D eigenvalue weighted by Crippen LogP contribution is -2.26. The molecule has 0 unspecified atom stereocenters. The number of carbonyl (C=O) groups is 2. The van der Waals surface area contributed by atoms with Crippen LogP contribution in [0.1, 0.15) is 21.7 Å². The third-order valence-electron chi connectivity index (χ3n) is 3.77. The average Bonchev–Trinajstić information content (AvgIpc) is 2.90. The summed E-state index contributed by atoms with van der Waals surface area (Å²) in [6.45, 7) is 2.21. The zero-order chi connectivity index (χ0) is 17.1. The summed E-state index contributed by atoms with van der Waals surface area (Å²) >= 11 is 0. The number of nitrogens with two attached hydrogens (primary N) is 1. The summed E-state index contributed by atoms with van der Waals surface area (Å²) in [5, 5.41) is 2.83. The van der Waals surface area contributed by atoms with E-state index in [1.165, 1.54) is 0 Å². The lowest BCUT2D eigenvalue weighted by atomic mass is 10.1. The summed E-state index contributed by atoms with van der Waals surface area (Å²) in [6, 6.07) is 14.8. The first-order valence-electron chi connectivity index (χ1n) is 7.62. The summed E-state index contributed by atoms with van der Waals surface area (Å²) in [6.07, 6.45) is 0. The number of primary amides is 1. The molecule has 0 atom stereocenters. The summed E-state index contributed by atoms with van der Waals surface area (Å²) in [7, 11) is 0. The highest BCUT2D eigenvalue weighted by molar-refractivity contribution is 5.94. The Kier molecular flexibility index (Phi) is 4.29. The van der Waals surface area contributed by atoms with E-state index in [4.69, 9.17) is 5.73 Å². The van der Waals surface area contributed by atoms with E-state index in [9.17, 15) is 9.59 Å². The van der Waals surface area contributed by atoms with Gasteiger partial charge in [-0.1, -0.05) is 29.8 Å². The minimum atomic E-state index is -0.454. The van der Waals surface area contributed by atoms with Gasteiger partial charge in [-0.2, -0.15) is 0 Å². The SMILES string of the molecule is Cc1ccc(C(=O)NCc2nc3ccccc3n2CC(N)=O)cc1. The maximum atomic E-state index is 12.2. The third kappa shape index (κ3) is 3.27. The molecular formula is C18H18N4O2. The lowest BCUT2D eigenvalue weighted by Gasteiger charge is -2.08. The van der Waals surface area contributed by atoms with E-state index in [2.05, 4.69) is 10.3 Å². The first kappa shape index (κ1) is 15.7. The fourth-order valence-corrected chi connectivity index (χ4v) is 2.56. The molecule has 6 heteroatoms. The highest BCUT2D eigenvalue weighted by Crippen LogP contribution is 2.16. The maximum Gasteiger partial charge on any atom is 0.251 e. The average molecular weight is 322 g/mol. The molecule has 2 amide bonds. The van der Waals surface area contributed by atoms with Crippen LogP contribution in [-0.4, -0.2) is 21.4 Å². The van der Waals surface area contributed by atoms with E-state index in [0.717, 1.165) is 16.6 Å². The van der Waals surface area contributed by atoms with Crippen LogP contribution in [-0.2, 0) is 17.9 Å². The van der Waals surface area contributed by atoms with E-state index >= 15 is 0 Å². The molecule has 0 saturated carbocycles. The number of rotatable bonds is 5. The highest BCUT2D eigenvalue weighted by atomic mass is 16.2. The lowest BCUT2D eigenvalue weighted by molar-refractivity contribution is -0.118. The van der Waals surface area contributed by atoms with Crippen LogP contribution in [0.25, 0.3) is 11.0 Å². The van der Waals surface area contributed by atoms with Crippen molar-refractivity contribution in [3.05, 3.63) is 65.5 Å². The van der Waals surface area contributed by atoms with Gasteiger partial charge in [0.1, 0.15) is 12.4 Å². The van der Waals surface area contributed by atoms with Crippen molar-refractivity contribution >= 4 is 22.8 Å². The topological polar surface area (TPSA) is 90.0 Å². The molecule has 0 radical (unpaired) electrons. The molecule has 0 aliphatic heterocycles. The van der Waals surface area contributed by atoms with Gasteiger partial charge < -0.3 is 15.6 Å². The number of nitrogens with one attached hydrogen (secondary N) is 1. The molecule has 2 aromatic carbocycles. The second-order valence-corrected chi connectivity index (χ2v) is 5.62. The van der Waals surface area contributed by atoms with Crippen molar-refractivity contribution in [2.75, 3.05) is 0 Å². The van der Waals surface area contributed by atoms with Crippen LogP contribution < -0.4 is 11.1 Å². The molecule has 0 aliphatic rings. The Morgan fingerprint density at radius 1 is 1.12 bits per heavy atom. The Labute approximate surface area is 139 Å². The molecule has 0 bridgehead atoms. The molecule has 1 heterocycles. The van der Waals surface area contributed by atoms with Gasteiger partial charge in [0.25, 0.3) is 5.91 Å². The summed E-state index contributed by atoms with van der Waals surface area (Å²) in [5.41, 5.74) is 8.58. The molecule has 24 heavy (non-hydrogen) atoms. The Morgan fingerprint density at radius 2 is 1.83 bits per heavy atom. The fraction of sp³-hybridized carbons (Fsp3) is 0.167. The van der Waals surface area contributed by atoms with Gasteiger partial charge >= 0.3 is 0 Å². The molecule has 3 aromatic rings. The second-order valence-electron chi connectivity index (χ2n) is 5.62. The van der Waals surface area contributed by atoms with Gasteiger partial charge in [0.05, 0.1) is 17.6 Å². The Bertz CT molecular complexity index is 897. The quantitative estimate of drug-likeness (QED) is 0.750. The molecule has 0 saturated heterocycles. The largest absolute Gasteiger partial charge is 0.368 e. The molecule has 0 spiro atoms. The van der Waals surface area contributed by atoms with Gasteiger partial charge in [-0.3, -0.25) is 9.59 Å². The molecule has 122 valence electrons. The van der Waals surface area contributed by atoms with Crippen molar-refractivity contribution in [1.82, 2.24) is 14.9 Å². The van der Waals surface area contributed by atoms with Crippen molar-refractivity contribution in [3.8, 4) is 0 Å². The molecule has 1 aromatic heterocycles.